The van der Waals surface area contributed by atoms with Gasteiger partial charge in [-0.25, -0.2) is 4.98 Å². The third-order valence-electron chi connectivity index (χ3n) is 4.24. The summed E-state index contributed by atoms with van der Waals surface area (Å²) in [6, 6.07) is 1.89. The van der Waals surface area contributed by atoms with Crippen molar-refractivity contribution in [1.29, 1.82) is 0 Å². The van der Waals surface area contributed by atoms with Gasteiger partial charge in [-0.1, -0.05) is 0 Å². The van der Waals surface area contributed by atoms with Crippen LogP contribution >= 0.6 is 11.3 Å². The lowest BCUT2D eigenvalue weighted by Gasteiger charge is -2.32. The molecule has 0 aliphatic carbocycles. The summed E-state index contributed by atoms with van der Waals surface area (Å²) in [5.74, 6) is 0.704. The Labute approximate surface area is 142 Å². The fourth-order valence-corrected chi connectivity index (χ4v) is 3.70. The van der Waals surface area contributed by atoms with Gasteiger partial charge in [-0.3, -0.25) is 14.4 Å². The lowest BCUT2D eigenvalue weighted by atomic mass is 10.1. The molecule has 0 bridgehead atoms. The number of H-pyrrole nitrogens is 1. The van der Waals surface area contributed by atoms with Crippen LogP contribution < -0.4 is 5.56 Å². The molecule has 0 unspecified atom stereocenters. The normalized spacial score (nSPS) is 19.1. The Morgan fingerprint density at radius 2 is 2.42 bits per heavy atom. The van der Waals surface area contributed by atoms with Crippen LogP contribution in [0.15, 0.2) is 28.6 Å². The van der Waals surface area contributed by atoms with E-state index in [-0.39, 0.29) is 11.7 Å². The second-order valence-electron chi connectivity index (χ2n) is 5.87. The van der Waals surface area contributed by atoms with Gasteiger partial charge in [-0.15, -0.1) is 11.3 Å². The number of hydrogen-bond acceptors (Lipinski definition) is 6. The zero-order valence-corrected chi connectivity index (χ0v) is 14.3. The second kappa shape index (κ2) is 6.46. The molecule has 3 aromatic rings. The van der Waals surface area contributed by atoms with Gasteiger partial charge < -0.3 is 9.72 Å². The van der Waals surface area contributed by atoms with Crippen LogP contribution in [-0.4, -0.2) is 44.3 Å². The van der Waals surface area contributed by atoms with Crippen LogP contribution in [0.25, 0.3) is 10.2 Å². The molecule has 3 aromatic heterocycles. The summed E-state index contributed by atoms with van der Waals surface area (Å²) >= 11 is 1.42. The monoisotopic (exact) mass is 345 g/mol. The molecule has 1 fully saturated rings. The first-order chi connectivity index (χ1) is 11.7. The summed E-state index contributed by atoms with van der Waals surface area (Å²) in [5.41, 5.74) is 1.81. The summed E-state index contributed by atoms with van der Waals surface area (Å²) < 4.78 is 8.48. The number of aromatic nitrogens is 4. The van der Waals surface area contributed by atoms with E-state index in [0.29, 0.717) is 23.7 Å². The van der Waals surface area contributed by atoms with E-state index in [2.05, 4.69) is 26.9 Å². The Bertz CT molecular complexity index is 899. The second-order valence-corrected chi connectivity index (χ2v) is 6.79. The van der Waals surface area contributed by atoms with E-state index in [0.717, 1.165) is 30.7 Å². The largest absolute Gasteiger partial charge is 0.371 e. The molecule has 0 radical (unpaired) electrons. The summed E-state index contributed by atoms with van der Waals surface area (Å²) in [6.07, 6.45) is 3.91. The van der Waals surface area contributed by atoms with E-state index in [1.807, 2.05) is 28.5 Å². The SMILES string of the molecule is CCn1cc([C@@H]2CN(Cc3nc4ccsc4c(=O)[nH]3)CCO2)cn1. The lowest BCUT2D eigenvalue weighted by molar-refractivity contribution is -0.0337. The molecule has 1 aliphatic rings. The van der Waals surface area contributed by atoms with Gasteiger partial charge in [0.2, 0.25) is 0 Å². The van der Waals surface area contributed by atoms with Crippen LogP contribution in [0.3, 0.4) is 0 Å². The van der Waals surface area contributed by atoms with Crippen LogP contribution in [-0.2, 0) is 17.8 Å². The summed E-state index contributed by atoms with van der Waals surface area (Å²) in [5, 5.41) is 6.21. The minimum atomic E-state index is -0.0565. The Morgan fingerprint density at radius 1 is 1.50 bits per heavy atom. The van der Waals surface area contributed by atoms with Crippen LogP contribution in [0, 0.1) is 0 Å². The number of nitrogens with zero attached hydrogens (tertiary/aromatic N) is 4. The van der Waals surface area contributed by atoms with Gasteiger partial charge in [0.25, 0.3) is 5.56 Å². The molecule has 4 rings (SSSR count). The molecule has 0 saturated carbocycles. The first-order valence-electron chi connectivity index (χ1n) is 8.05. The van der Waals surface area contributed by atoms with Gasteiger partial charge >= 0.3 is 0 Å². The Hall–Kier alpha value is -2.03. The highest BCUT2D eigenvalue weighted by molar-refractivity contribution is 7.17. The first-order valence-corrected chi connectivity index (χ1v) is 8.93. The summed E-state index contributed by atoms with van der Waals surface area (Å²) in [4.78, 5) is 21.8. The minimum Gasteiger partial charge on any atom is -0.371 e. The summed E-state index contributed by atoms with van der Waals surface area (Å²) in [7, 11) is 0. The number of aromatic amines is 1. The van der Waals surface area contributed by atoms with Crippen molar-refractivity contribution in [3.05, 3.63) is 45.6 Å². The molecule has 7 nitrogen and oxygen atoms in total. The maximum absolute atomic E-state index is 12.1. The van der Waals surface area contributed by atoms with Gasteiger partial charge in [0.1, 0.15) is 10.5 Å². The van der Waals surface area contributed by atoms with E-state index in [1.54, 1.807) is 0 Å². The van der Waals surface area contributed by atoms with Gasteiger partial charge in [-0.2, -0.15) is 5.10 Å². The van der Waals surface area contributed by atoms with Gasteiger partial charge in [0.15, 0.2) is 0 Å². The molecular weight excluding hydrogens is 326 g/mol. The fraction of sp³-hybridized carbons (Fsp3) is 0.438. The summed E-state index contributed by atoms with van der Waals surface area (Å²) in [6.45, 7) is 5.77. The van der Waals surface area contributed by atoms with E-state index in [4.69, 9.17) is 4.74 Å². The van der Waals surface area contributed by atoms with Crippen LogP contribution in [0.4, 0.5) is 0 Å². The zero-order valence-electron chi connectivity index (χ0n) is 13.4. The van der Waals surface area contributed by atoms with Crippen molar-refractivity contribution in [3.8, 4) is 0 Å². The maximum Gasteiger partial charge on any atom is 0.268 e. The highest BCUT2D eigenvalue weighted by Gasteiger charge is 2.24. The van der Waals surface area contributed by atoms with E-state index in [9.17, 15) is 4.79 Å². The maximum atomic E-state index is 12.1. The molecule has 1 atom stereocenters. The van der Waals surface area contributed by atoms with Crippen LogP contribution in [0.2, 0.25) is 0 Å². The predicted octanol–water partition coefficient (Wildman–Crippen LogP) is 1.77. The van der Waals surface area contributed by atoms with Crippen molar-refractivity contribution in [1.82, 2.24) is 24.6 Å². The highest BCUT2D eigenvalue weighted by Crippen LogP contribution is 2.22. The Kier molecular flexibility index (Phi) is 4.17. The predicted molar refractivity (Wildman–Crippen MR) is 92.1 cm³/mol. The Morgan fingerprint density at radius 3 is 3.25 bits per heavy atom. The van der Waals surface area contributed by atoms with Gasteiger partial charge in [0, 0.05) is 31.4 Å². The van der Waals surface area contributed by atoms with Crippen molar-refractivity contribution in [2.45, 2.75) is 26.1 Å². The third-order valence-corrected chi connectivity index (χ3v) is 5.14. The van der Waals surface area contributed by atoms with E-state index in [1.165, 1.54) is 11.3 Å². The molecule has 8 heteroatoms. The van der Waals surface area contributed by atoms with Crippen molar-refractivity contribution in [2.75, 3.05) is 19.7 Å². The number of nitrogens with one attached hydrogen (secondary N) is 1. The Balaban J connectivity index is 1.50. The quantitative estimate of drug-likeness (QED) is 0.780. The van der Waals surface area contributed by atoms with Gasteiger partial charge in [-0.05, 0) is 18.4 Å². The zero-order chi connectivity index (χ0) is 16.5. The molecule has 1 saturated heterocycles. The average Bonchev–Trinajstić information content (AvgIpc) is 3.24. The van der Waals surface area contributed by atoms with Crippen LogP contribution in [0.5, 0.6) is 0 Å². The number of rotatable bonds is 4. The van der Waals surface area contributed by atoms with E-state index < -0.39 is 0 Å². The molecule has 0 spiro atoms. The molecule has 24 heavy (non-hydrogen) atoms. The van der Waals surface area contributed by atoms with Crippen LogP contribution in [0.1, 0.15) is 24.4 Å². The number of fused-ring (bicyclic) bond motifs is 1. The number of thiophene rings is 1. The van der Waals surface area contributed by atoms with Crippen molar-refractivity contribution in [3.63, 3.8) is 0 Å². The number of morpholine rings is 1. The van der Waals surface area contributed by atoms with E-state index >= 15 is 0 Å². The molecule has 4 heterocycles. The molecule has 1 aliphatic heterocycles. The highest BCUT2D eigenvalue weighted by atomic mass is 32.1. The van der Waals surface area contributed by atoms with Crippen molar-refractivity contribution in [2.24, 2.45) is 0 Å². The third kappa shape index (κ3) is 3.00. The minimum absolute atomic E-state index is 0.00986. The smallest absolute Gasteiger partial charge is 0.268 e. The number of ether oxygens (including phenoxy) is 1. The fourth-order valence-electron chi connectivity index (χ4n) is 2.97. The van der Waals surface area contributed by atoms with Crippen molar-refractivity contribution >= 4 is 21.6 Å². The number of hydrogen-bond donors (Lipinski definition) is 1. The number of aryl methyl sites for hydroxylation is 1. The molecule has 1 N–H and O–H groups in total. The molecule has 0 amide bonds. The molecule has 126 valence electrons. The standard InChI is InChI=1S/C16H19N5O2S/c1-2-21-8-11(7-17-21)13-9-20(4-5-23-13)10-14-18-12-3-6-24-15(12)16(22)19-14/h3,6-8,13H,2,4-5,9-10H2,1H3,(H,18,19,22)/t13-/m0/s1. The average molecular weight is 345 g/mol. The molecular formula is C16H19N5O2S. The lowest BCUT2D eigenvalue weighted by Crippen LogP contribution is -2.38. The first kappa shape index (κ1) is 15.5. The van der Waals surface area contributed by atoms with Crippen molar-refractivity contribution < 1.29 is 4.74 Å². The molecule has 0 aromatic carbocycles. The van der Waals surface area contributed by atoms with Gasteiger partial charge in [0.05, 0.1) is 31.0 Å². The topological polar surface area (TPSA) is 76.0 Å².